The maximum Gasteiger partial charge on any atom is 0.265 e. The lowest BCUT2D eigenvalue weighted by Crippen LogP contribution is -2.10. The van der Waals surface area contributed by atoms with Crippen LogP contribution < -0.4 is 11.1 Å². The number of thioether (sulfide) groups is 1. The Hall–Kier alpha value is -1.46. The van der Waals surface area contributed by atoms with Gasteiger partial charge in [0, 0.05) is 15.5 Å². The van der Waals surface area contributed by atoms with Crippen molar-refractivity contribution in [2.75, 3.05) is 17.3 Å². The Bertz CT molecular complexity index is 559. The molecule has 1 aromatic carbocycles. The van der Waals surface area contributed by atoms with Crippen LogP contribution in [0.2, 0.25) is 0 Å². The summed E-state index contributed by atoms with van der Waals surface area (Å²) in [7, 11) is 0. The molecule has 3 nitrogen and oxygen atoms in total. The summed E-state index contributed by atoms with van der Waals surface area (Å²) in [5.41, 5.74) is 7.26. The summed E-state index contributed by atoms with van der Waals surface area (Å²) < 4.78 is 0. The molecule has 0 radical (unpaired) electrons. The van der Waals surface area contributed by atoms with E-state index in [0.717, 1.165) is 15.5 Å². The van der Waals surface area contributed by atoms with E-state index in [2.05, 4.69) is 5.32 Å². The predicted octanol–water partition coefficient (Wildman–Crippen LogP) is 3.61. The molecule has 1 amide bonds. The topological polar surface area (TPSA) is 55.1 Å². The molecule has 94 valence electrons. The molecule has 1 aromatic heterocycles. The van der Waals surface area contributed by atoms with Crippen LogP contribution in [0.25, 0.3) is 0 Å². The van der Waals surface area contributed by atoms with Gasteiger partial charge in [0.1, 0.15) is 0 Å². The number of para-hydroxylation sites is 1. The Balaban J connectivity index is 2.21. The highest BCUT2D eigenvalue weighted by molar-refractivity contribution is 7.98. The molecule has 2 rings (SSSR count). The number of anilines is 2. The van der Waals surface area contributed by atoms with E-state index in [1.807, 2.05) is 37.4 Å². The average molecular weight is 278 g/mol. The Morgan fingerprint density at radius 3 is 2.72 bits per heavy atom. The Morgan fingerprint density at radius 1 is 1.39 bits per heavy atom. The van der Waals surface area contributed by atoms with Crippen molar-refractivity contribution in [3.63, 3.8) is 0 Å². The number of thiophene rings is 1. The minimum Gasteiger partial charge on any atom is -0.398 e. The fourth-order valence-corrected chi connectivity index (χ4v) is 2.93. The van der Waals surface area contributed by atoms with E-state index in [0.29, 0.717) is 10.6 Å². The van der Waals surface area contributed by atoms with Gasteiger partial charge in [-0.05, 0) is 31.4 Å². The summed E-state index contributed by atoms with van der Waals surface area (Å²) in [5, 5.41) is 2.91. The third-order valence-corrected chi connectivity index (χ3v) is 4.40. The van der Waals surface area contributed by atoms with Crippen LogP contribution in [0.5, 0.6) is 0 Å². The van der Waals surface area contributed by atoms with Crippen LogP contribution >= 0.6 is 23.1 Å². The van der Waals surface area contributed by atoms with Crippen LogP contribution in [0.1, 0.15) is 14.5 Å². The van der Waals surface area contributed by atoms with Crippen molar-refractivity contribution in [1.82, 2.24) is 0 Å². The van der Waals surface area contributed by atoms with Crippen LogP contribution in [0.3, 0.4) is 0 Å². The van der Waals surface area contributed by atoms with Gasteiger partial charge < -0.3 is 11.1 Å². The molecule has 0 bridgehead atoms. The zero-order chi connectivity index (χ0) is 13.1. The van der Waals surface area contributed by atoms with Crippen molar-refractivity contribution in [2.45, 2.75) is 11.8 Å². The van der Waals surface area contributed by atoms with E-state index in [1.54, 1.807) is 17.8 Å². The third kappa shape index (κ3) is 2.68. The van der Waals surface area contributed by atoms with E-state index in [9.17, 15) is 4.79 Å². The third-order valence-electron chi connectivity index (χ3n) is 2.54. The number of benzene rings is 1. The van der Waals surface area contributed by atoms with Gasteiger partial charge in [-0.2, -0.15) is 0 Å². The number of nitrogen functional groups attached to an aromatic ring is 1. The molecule has 3 N–H and O–H groups in total. The number of nitrogens with two attached hydrogens (primary N) is 1. The van der Waals surface area contributed by atoms with Gasteiger partial charge >= 0.3 is 0 Å². The van der Waals surface area contributed by atoms with Gasteiger partial charge in [0.2, 0.25) is 0 Å². The molecule has 1 heterocycles. The monoisotopic (exact) mass is 278 g/mol. The average Bonchev–Trinajstić information content (AvgIpc) is 2.70. The first-order valence-electron chi connectivity index (χ1n) is 5.42. The minimum absolute atomic E-state index is 0.110. The minimum atomic E-state index is -0.110. The molecule has 0 aliphatic rings. The summed E-state index contributed by atoms with van der Waals surface area (Å²) in [6, 6.07) is 9.46. The SMILES string of the molecule is CSc1ccccc1NC(=O)c1cc(N)c(C)s1. The molecule has 2 aromatic rings. The highest BCUT2D eigenvalue weighted by Gasteiger charge is 2.12. The molecule has 5 heteroatoms. The van der Waals surface area contributed by atoms with Crippen molar-refractivity contribution < 1.29 is 4.79 Å². The van der Waals surface area contributed by atoms with Gasteiger partial charge in [-0.3, -0.25) is 4.79 Å². The van der Waals surface area contributed by atoms with Gasteiger partial charge in [-0.15, -0.1) is 23.1 Å². The molecule has 0 atom stereocenters. The van der Waals surface area contributed by atoms with Gasteiger partial charge in [0.25, 0.3) is 5.91 Å². The van der Waals surface area contributed by atoms with Gasteiger partial charge in [-0.1, -0.05) is 12.1 Å². The van der Waals surface area contributed by atoms with Gasteiger partial charge in [0.05, 0.1) is 10.6 Å². The number of nitrogens with one attached hydrogen (secondary N) is 1. The summed E-state index contributed by atoms with van der Waals surface area (Å²) in [6.07, 6.45) is 1.98. The molecule has 0 saturated heterocycles. The fourth-order valence-electron chi connectivity index (χ4n) is 1.54. The smallest absolute Gasteiger partial charge is 0.265 e. The second-order valence-corrected chi connectivity index (χ2v) is 5.88. The van der Waals surface area contributed by atoms with Crippen LogP contribution in [0.4, 0.5) is 11.4 Å². The largest absolute Gasteiger partial charge is 0.398 e. The van der Waals surface area contributed by atoms with Crippen molar-refractivity contribution in [2.24, 2.45) is 0 Å². The Morgan fingerprint density at radius 2 is 2.11 bits per heavy atom. The lowest BCUT2D eigenvalue weighted by molar-refractivity contribution is 0.103. The first-order valence-corrected chi connectivity index (χ1v) is 7.46. The molecule has 0 unspecified atom stereocenters. The van der Waals surface area contributed by atoms with Crippen LogP contribution in [0.15, 0.2) is 35.2 Å². The first kappa shape index (κ1) is 13.0. The second kappa shape index (κ2) is 5.46. The zero-order valence-corrected chi connectivity index (χ0v) is 11.8. The standard InChI is InChI=1S/C13H14N2OS2/c1-8-9(14)7-12(18-8)13(16)15-10-5-3-4-6-11(10)17-2/h3-7H,14H2,1-2H3,(H,15,16). The molecule has 0 saturated carbocycles. The lowest BCUT2D eigenvalue weighted by Gasteiger charge is -2.07. The summed E-state index contributed by atoms with van der Waals surface area (Å²) in [6.45, 7) is 1.91. The number of hydrogen-bond donors (Lipinski definition) is 2. The van der Waals surface area contributed by atoms with Crippen molar-refractivity contribution >= 4 is 40.4 Å². The Labute approximate surface area is 114 Å². The highest BCUT2D eigenvalue weighted by atomic mass is 32.2. The molecule has 0 fully saturated rings. The zero-order valence-electron chi connectivity index (χ0n) is 10.2. The normalized spacial score (nSPS) is 10.3. The van der Waals surface area contributed by atoms with Crippen molar-refractivity contribution in [3.8, 4) is 0 Å². The van der Waals surface area contributed by atoms with E-state index >= 15 is 0 Å². The van der Waals surface area contributed by atoms with Crippen LogP contribution in [0, 0.1) is 6.92 Å². The quantitative estimate of drug-likeness (QED) is 0.843. The number of amides is 1. The first-order chi connectivity index (χ1) is 8.61. The molecule has 0 aliphatic carbocycles. The fraction of sp³-hybridized carbons (Fsp3) is 0.154. The lowest BCUT2D eigenvalue weighted by atomic mass is 10.3. The van der Waals surface area contributed by atoms with E-state index < -0.39 is 0 Å². The number of aryl methyl sites for hydroxylation is 1. The predicted molar refractivity (Wildman–Crippen MR) is 79.6 cm³/mol. The van der Waals surface area contributed by atoms with E-state index in [1.165, 1.54) is 11.3 Å². The molecular formula is C13H14N2OS2. The van der Waals surface area contributed by atoms with Gasteiger partial charge in [0.15, 0.2) is 0 Å². The maximum atomic E-state index is 12.1. The summed E-state index contributed by atoms with van der Waals surface area (Å²) >= 11 is 3.02. The van der Waals surface area contributed by atoms with Crippen LogP contribution in [-0.4, -0.2) is 12.2 Å². The number of carbonyl (C=O) groups excluding carboxylic acids is 1. The van der Waals surface area contributed by atoms with Crippen molar-refractivity contribution in [3.05, 3.63) is 40.1 Å². The van der Waals surface area contributed by atoms with Crippen LogP contribution in [-0.2, 0) is 0 Å². The maximum absolute atomic E-state index is 12.1. The molecule has 0 aliphatic heterocycles. The van der Waals surface area contributed by atoms with E-state index in [4.69, 9.17) is 5.73 Å². The van der Waals surface area contributed by atoms with Crippen molar-refractivity contribution in [1.29, 1.82) is 0 Å². The summed E-state index contributed by atoms with van der Waals surface area (Å²) in [4.78, 5) is 14.7. The number of hydrogen-bond acceptors (Lipinski definition) is 4. The molecule has 18 heavy (non-hydrogen) atoms. The molecular weight excluding hydrogens is 264 g/mol. The Kier molecular flexibility index (Phi) is 3.93. The summed E-state index contributed by atoms with van der Waals surface area (Å²) in [5.74, 6) is -0.110. The highest BCUT2D eigenvalue weighted by Crippen LogP contribution is 2.27. The number of carbonyl (C=O) groups is 1. The molecule has 0 spiro atoms. The van der Waals surface area contributed by atoms with E-state index in [-0.39, 0.29) is 5.91 Å². The second-order valence-electron chi connectivity index (χ2n) is 3.78. The van der Waals surface area contributed by atoms with Gasteiger partial charge in [-0.25, -0.2) is 0 Å². The number of rotatable bonds is 3.